The van der Waals surface area contributed by atoms with Crippen LogP contribution in [0.25, 0.3) is 0 Å². The summed E-state index contributed by atoms with van der Waals surface area (Å²) < 4.78 is 15.0. The van der Waals surface area contributed by atoms with Crippen LogP contribution in [0.4, 0.5) is 4.39 Å². The van der Waals surface area contributed by atoms with Gasteiger partial charge in [0.05, 0.1) is 6.04 Å². The maximum absolute atomic E-state index is 13.1. The van der Waals surface area contributed by atoms with Crippen LogP contribution in [0.15, 0.2) is 30.6 Å². The van der Waals surface area contributed by atoms with E-state index in [1.165, 1.54) is 12.1 Å². The van der Waals surface area contributed by atoms with Crippen molar-refractivity contribution in [3.8, 4) is 0 Å². The Kier molecular flexibility index (Phi) is 4.69. The third-order valence-electron chi connectivity index (χ3n) is 4.45. The lowest BCUT2D eigenvalue weighted by Gasteiger charge is -2.36. The summed E-state index contributed by atoms with van der Waals surface area (Å²) in [5.74, 6) is 0.695. The molecular formula is C17H21FN4O. The fraction of sp³-hybridized carbons (Fsp3) is 0.471. The fourth-order valence-corrected chi connectivity index (χ4v) is 3.16. The normalized spacial score (nSPS) is 18.2. The maximum Gasteiger partial charge on any atom is 0.223 e. The van der Waals surface area contributed by atoms with E-state index >= 15 is 0 Å². The predicted molar refractivity (Wildman–Crippen MR) is 84.0 cm³/mol. The van der Waals surface area contributed by atoms with Crippen LogP contribution in [-0.2, 0) is 18.3 Å². The van der Waals surface area contributed by atoms with Crippen molar-refractivity contribution in [2.24, 2.45) is 7.05 Å². The van der Waals surface area contributed by atoms with Crippen LogP contribution >= 0.6 is 0 Å². The number of likely N-dealkylation sites (tertiary alicyclic amines) is 1. The van der Waals surface area contributed by atoms with Crippen molar-refractivity contribution in [2.45, 2.75) is 38.1 Å². The molecule has 5 nitrogen and oxygen atoms in total. The number of amides is 1. The van der Waals surface area contributed by atoms with Gasteiger partial charge in [-0.3, -0.25) is 4.79 Å². The topological polar surface area (TPSA) is 51.0 Å². The lowest BCUT2D eigenvalue weighted by molar-refractivity contribution is -0.135. The van der Waals surface area contributed by atoms with Crippen LogP contribution in [0.2, 0.25) is 0 Å². The van der Waals surface area contributed by atoms with Crippen molar-refractivity contribution in [3.63, 3.8) is 0 Å². The van der Waals surface area contributed by atoms with Gasteiger partial charge in [0.25, 0.3) is 0 Å². The molecule has 0 bridgehead atoms. The number of carbonyl (C=O) groups excluding carboxylic acids is 1. The molecular weight excluding hydrogens is 295 g/mol. The van der Waals surface area contributed by atoms with Gasteiger partial charge in [-0.05, 0) is 37.0 Å². The van der Waals surface area contributed by atoms with Gasteiger partial charge in [0.2, 0.25) is 5.91 Å². The van der Waals surface area contributed by atoms with Crippen LogP contribution in [0.5, 0.6) is 0 Å². The van der Waals surface area contributed by atoms with E-state index in [1.54, 1.807) is 18.5 Å². The number of piperidine rings is 1. The van der Waals surface area contributed by atoms with Crippen molar-refractivity contribution in [1.82, 2.24) is 19.7 Å². The number of halogens is 1. The fourth-order valence-electron chi connectivity index (χ4n) is 3.16. The third kappa shape index (κ3) is 3.57. The van der Waals surface area contributed by atoms with E-state index in [2.05, 4.69) is 10.2 Å². The summed E-state index contributed by atoms with van der Waals surface area (Å²) in [4.78, 5) is 14.6. The highest BCUT2D eigenvalue weighted by atomic mass is 19.1. The number of benzene rings is 1. The second kappa shape index (κ2) is 6.89. The van der Waals surface area contributed by atoms with E-state index in [0.717, 1.165) is 37.2 Å². The zero-order valence-electron chi connectivity index (χ0n) is 13.3. The zero-order valence-corrected chi connectivity index (χ0v) is 13.3. The van der Waals surface area contributed by atoms with E-state index in [1.807, 2.05) is 16.5 Å². The molecule has 0 aliphatic carbocycles. The van der Waals surface area contributed by atoms with Gasteiger partial charge in [-0.15, -0.1) is 10.2 Å². The number of aryl methyl sites for hydroxylation is 2. The minimum absolute atomic E-state index is 0.0522. The molecule has 1 aliphatic rings. The number of nitrogens with zero attached hydrogens (tertiary/aromatic N) is 4. The Morgan fingerprint density at radius 2 is 2.09 bits per heavy atom. The molecule has 2 heterocycles. The number of hydrogen-bond donors (Lipinski definition) is 0. The number of hydrogen-bond acceptors (Lipinski definition) is 3. The predicted octanol–water partition coefficient (Wildman–Crippen LogP) is 2.64. The Bertz CT molecular complexity index is 667. The number of rotatable bonds is 4. The van der Waals surface area contributed by atoms with Crippen molar-refractivity contribution >= 4 is 5.91 Å². The minimum atomic E-state index is -0.246. The average Bonchev–Trinajstić information content (AvgIpc) is 2.98. The largest absolute Gasteiger partial charge is 0.336 e. The maximum atomic E-state index is 13.1. The summed E-state index contributed by atoms with van der Waals surface area (Å²) in [5, 5.41) is 7.86. The summed E-state index contributed by atoms with van der Waals surface area (Å²) in [5.41, 5.74) is 1.01. The molecule has 1 atom stereocenters. The molecule has 1 aromatic heterocycles. The van der Waals surface area contributed by atoms with E-state index < -0.39 is 0 Å². The molecule has 0 N–H and O–H groups in total. The van der Waals surface area contributed by atoms with E-state index in [-0.39, 0.29) is 17.8 Å². The molecule has 0 radical (unpaired) electrons. The highest BCUT2D eigenvalue weighted by Crippen LogP contribution is 2.31. The SMILES string of the molecule is Cn1cnnc1CCC(=O)N1CCCCC1c1ccc(F)cc1. The Balaban J connectivity index is 1.69. The number of aromatic nitrogens is 3. The monoisotopic (exact) mass is 316 g/mol. The quantitative estimate of drug-likeness (QED) is 0.871. The number of carbonyl (C=O) groups is 1. The summed E-state index contributed by atoms with van der Waals surface area (Å²) in [7, 11) is 1.88. The molecule has 1 amide bonds. The molecule has 1 unspecified atom stereocenters. The Hall–Kier alpha value is -2.24. The lowest BCUT2D eigenvalue weighted by atomic mass is 9.94. The van der Waals surface area contributed by atoms with Crippen LogP contribution in [0, 0.1) is 5.82 Å². The first-order valence-electron chi connectivity index (χ1n) is 8.03. The van der Waals surface area contributed by atoms with Crippen molar-refractivity contribution in [3.05, 3.63) is 47.8 Å². The molecule has 1 fully saturated rings. The first-order valence-corrected chi connectivity index (χ1v) is 8.03. The highest BCUT2D eigenvalue weighted by molar-refractivity contribution is 5.77. The van der Waals surface area contributed by atoms with Crippen molar-refractivity contribution in [2.75, 3.05) is 6.54 Å². The van der Waals surface area contributed by atoms with Crippen LogP contribution < -0.4 is 0 Å². The second-order valence-corrected chi connectivity index (χ2v) is 6.01. The Morgan fingerprint density at radius 1 is 1.30 bits per heavy atom. The van der Waals surface area contributed by atoms with E-state index in [4.69, 9.17) is 0 Å². The van der Waals surface area contributed by atoms with Gasteiger partial charge in [0.1, 0.15) is 18.0 Å². The molecule has 3 rings (SSSR count). The Labute approximate surface area is 135 Å². The summed E-state index contributed by atoms with van der Waals surface area (Å²) in [6.07, 6.45) is 5.69. The van der Waals surface area contributed by atoms with Crippen LogP contribution in [0.3, 0.4) is 0 Å². The van der Waals surface area contributed by atoms with Gasteiger partial charge < -0.3 is 9.47 Å². The van der Waals surface area contributed by atoms with Crippen molar-refractivity contribution < 1.29 is 9.18 Å². The van der Waals surface area contributed by atoms with Gasteiger partial charge in [0, 0.05) is 26.4 Å². The third-order valence-corrected chi connectivity index (χ3v) is 4.45. The summed E-state index contributed by atoms with van der Waals surface area (Å²) in [6.45, 7) is 0.764. The van der Waals surface area contributed by atoms with Gasteiger partial charge in [-0.1, -0.05) is 12.1 Å². The molecule has 2 aromatic rings. The van der Waals surface area contributed by atoms with Crippen LogP contribution in [0.1, 0.15) is 43.1 Å². The molecule has 0 saturated carbocycles. The Morgan fingerprint density at radius 3 is 2.78 bits per heavy atom. The lowest BCUT2D eigenvalue weighted by Crippen LogP contribution is -2.38. The molecule has 122 valence electrons. The first-order chi connectivity index (χ1) is 11.1. The first kappa shape index (κ1) is 15.6. The smallest absolute Gasteiger partial charge is 0.223 e. The van der Waals surface area contributed by atoms with Gasteiger partial charge in [0.15, 0.2) is 0 Å². The molecule has 0 spiro atoms. The van der Waals surface area contributed by atoms with Gasteiger partial charge in [-0.2, -0.15) is 0 Å². The van der Waals surface area contributed by atoms with E-state index in [0.29, 0.717) is 12.8 Å². The van der Waals surface area contributed by atoms with Crippen molar-refractivity contribution in [1.29, 1.82) is 0 Å². The second-order valence-electron chi connectivity index (χ2n) is 6.01. The molecule has 1 aliphatic heterocycles. The van der Waals surface area contributed by atoms with E-state index in [9.17, 15) is 9.18 Å². The van der Waals surface area contributed by atoms with Crippen LogP contribution in [-0.4, -0.2) is 32.1 Å². The molecule has 1 aromatic carbocycles. The highest BCUT2D eigenvalue weighted by Gasteiger charge is 2.27. The molecule has 6 heteroatoms. The molecule has 1 saturated heterocycles. The zero-order chi connectivity index (χ0) is 16.2. The standard InChI is InChI=1S/C17H21FN4O/c1-21-12-19-20-16(21)9-10-17(23)22-11-3-2-4-15(22)13-5-7-14(18)8-6-13/h5-8,12,15H,2-4,9-11H2,1H3. The van der Waals surface area contributed by atoms with Gasteiger partial charge in [-0.25, -0.2) is 4.39 Å². The summed E-state index contributed by atoms with van der Waals surface area (Å²) in [6, 6.07) is 6.55. The van der Waals surface area contributed by atoms with Gasteiger partial charge >= 0.3 is 0 Å². The minimum Gasteiger partial charge on any atom is -0.336 e. The summed E-state index contributed by atoms with van der Waals surface area (Å²) >= 11 is 0. The molecule has 23 heavy (non-hydrogen) atoms. The average molecular weight is 316 g/mol.